The maximum absolute atomic E-state index is 12.4. The van der Waals surface area contributed by atoms with E-state index in [1.165, 1.54) is 16.7 Å². The highest BCUT2D eigenvalue weighted by molar-refractivity contribution is 5.83. The van der Waals surface area contributed by atoms with Crippen molar-refractivity contribution < 1.29 is 9.90 Å². The first-order chi connectivity index (χ1) is 16.8. The standard InChI is InChI=1S/C29H36N4O2/c1-17(2)21-9-8-18(3)14-23(21)29-32-12-13-33(29)25-10-11-31-24(27(25)34)16-20-15-19-6-4-5-7-22(19)26(20)28(30)35/h4-9,12-14,17,20,24-27,31,34H,10-11,15-16H2,1-3H3,(H2,30,35)/t20?,24?,25-,26?,27-/m1/s1. The van der Waals surface area contributed by atoms with Crippen LogP contribution in [0.2, 0.25) is 0 Å². The van der Waals surface area contributed by atoms with Crippen LogP contribution in [-0.4, -0.2) is 39.3 Å². The van der Waals surface area contributed by atoms with Gasteiger partial charge in [0.1, 0.15) is 5.82 Å². The smallest absolute Gasteiger partial charge is 0.225 e. The van der Waals surface area contributed by atoms with Crippen molar-refractivity contribution in [2.45, 2.75) is 70.1 Å². The van der Waals surface area contributed by atoms with Crippen LogP contribution >= 0.6 is 0 Å². The van der Waals surface area contributed by atoms with Crippen LogP contribution in [0.1, 0.15) is 66.8 Å². The molecule has 1 saturated heterocycles. The number of carbonyl (C=O) groups is 1. The molecule has 2 aliphatic rings. The lowest BCUT2D eigenvalue weighted by Crippen LogP contribution is -2.51. The van der Waals surface area contributed by atoms with E-state index >= 15 is 0 Å². The van der Waals surface area contributed by atoms with Crippen LogP contribution in [0.25, 0.3) is 11.4 Å². The second kappa shape index (κ2) is 9.59. The summed E-state index contributed by atoms with van der Waals surface area (Å²) < 4.78 is 2.16. The molecule has 1 aliphatic heterocycles. The van der Waals surface area contributed by atoms with Crippen molar-refractivity contribution in [3.05, 3.63) is 77.1 Å². The Kier molecular flexibility index (Phi) is 6.51. The topological polar surface area (TPSA) is 93.2 Å². The van der Waals surface area contributed by atoms with E-state index in [1.807, 2.05) is 30.6 Å². The van der Waals surface area contributed by atoms with E-state index in [2.05, 4.69) is 54.9 Å². The van der Waals surface area contributed by atoms with Gasteiger partial charge in [-0.2, -0.15) is 0 Å². The molecule has 4 N–H and O–H groups in total. The number of nitrogens with one attached hydrogen (secondary N) is 1. The fourth-order valence-corrected chi connectivity index (χ4v) is 6.27. The Morgan fingerprint density at radius 3 is 2.83 bits per heavy atom. The molecule has 0 bridgehead atoms. The molecule has 3 unspecified atom stereocenters. The molecule has 5 atom stereocenters. The largest absolute Gasteiger partial charge is 0.389 e. The minimum atomic E-state index is -0.596. The van der Waals surface area contributed by atoms with Gasteiger partial charge in [0.2, 0.25) is 5.91 Å². The molecule has 2 heterocycles. The molecule has 2 aromatic carbocycles. The molecule has 3 aromatic rings. The zero-order valence-corrected chi connectivity index (χ0v) is 20.8. The van der Waals surface area contributed by atoms with Gasteiger partial charge < -0.3 is 20.7 Å². The second-order valence-corrected chi connectivity index (χ2v) is 10.6. The highest BCUT2D eigenvalue weighted by atomic mass is 16.3. The van der Waals surface area contributed by atoms with Gasteiger partial charge in [0.05, 0.1) is 18.1 Å². The maximum atomic E-state index is 12.4. The molecule has 1 amide bonds. The number of nitrogens with zero attached hydrogens (tertiary/aromatic N) is 2. The van der Waals surface area contributed by atoms with Crippen molar-refractivity contribution in [3.8, 4) is 11.4 Å². The number of rotatable bonds is 6. The SMILES string of the molecule is Cc1ccc(C(C)C)c(-c2nccn2[C@@H]2CCNC(CC3Cc4ccccc4C3C(N)=O)[C@H]2O)c1. The molecule has 0 spiro atoms. The van der Waals surface area contributed by atoms with E-state index in [-0.39, 0.29) is 29.8 Å². The predicted octanol–water partition coefficient (Wildman–Crippen LogP) is 4.08. The van der Waals surface area contributed by atoms with E-state index in [0.717, 1.165) is 36.3 Å². The summed E-state index contributed by atoms with van der Waals surface area (Å²) >= 11 is 0. The Bertz CT molecular complexity index is 1220. The maximum Gasteiger partial charge on any atom is 0.225 e. The number of carbonyl (C=O) groups excluding carboxylic acids is 1. The third-order valence-corrected chi connectivity index (χ3v) is 7.96. The summed E-state index contributed by atoms with van der Waals surface area (Å²) in [4.78, 5) is 17.1. The molecule has 0 saturated carbocycles. The van der Waals surface area contributed by atoms with E-state index in [9.17, 15) is 9.90 Å². The first kappa shape index (κ1) is 23.8. The zero-order valence-electron chi connectivity index (χ0n) is 20.8. The van der Waals surface area contributed by atoms with Crippen LogP contribution in [0.15, 0.2) is 54.9 Å². The average Bonchev–Trinajstić information content (AvgIpc) is 3.44. The third kappa shape index (κ3) is 4.41. The first-order valence-electron chi connectivity index (χ1n) is 12.8. The molecule has 1 aromatic heterocycles. The van der Waals surface area contributed by atoms with Crippen LogP contribution in [0.5, 0.6) is 0 Å². The number of hydrogen-bond donors (Lipinski definition) is 3. The fourth-order valence-electron chi connectivity index (χ4n) is 6.27. The number of aliphatic hydroxyl groups excluding tert-OH is 1. The number of aromatic nitrogens is 2. The monoisotopic (exact) mass is 472 g/mol. The third-order valence-electron chi connectivity index (χ3n) is 7.96. The van der Waals surface area contributed by atoms with Crippen molar-refractivity contribution in [1.29, 1.82) is 0 Å². The lowest BCUT2D eigenvalue weighted by atomic mass is 9.82. The summed E-state index contributed by atoms with van der Waals surface area (Å²) in [6.45, 7) is 7.30. The van der Waals surface area contributed by atoms with Gasteiger partial charge in [-0.25, -0.2) is 4.98 Å². The summed E-state index contributed by atoms with van der Waals surface area (Å²) in [6, 6.07) is 14.4. The first-order valence-corrected chi connectivity index (χ1v) is 12.8. The van der Waals surface area contributed by atoms with E-state index in [1.54, 1.807) is 0 Å². The van der Waals surface area contributed by atoms with Crippen molar-refractivity contribution in [2.24, 2.45) is 11.7 Å². The lowest BCUT2D eigenvalue weighted by molar-refractivity contribution is -0.120. The predicted molar refractivity (Wildman–Crippen MR) is 138 cm³/mol. The Labute approximate surface area is 207 Å². The molecule has 6 nitrogen and oxygen atoms in total. The van der Waals surface area contributed by atoms with Crippen LogP contribution < -0.4 is 11.1 Å². The number of aliphatic hydroxyl groups is 1. The van der Waals surface area contributed by atoms with Gasteiger partial charge in [0.15, 0.2) is 0 Å². The molecule has 1 fully saturated rings. The van der Waals surface area contributed by atoms with Crippen molar-refractivity contribution in [1.82, 2.24) is 14.9 Å². The van der Waals surface area contributed by atoms with E-state index < -0.39 is 6.10 Å². The summed E-state index contributed by atoms with van der Waals surface area (Å²) in [7, 11) is 0. The second-order valence-electron chi connectivity index (χ2n) is 10.6. The molecule has 6 heteroatoms. The van der Waals surface area contributed by atoms with E-state index in [4.69, 9.17) is 10.7 Å². The van der Waals surface area contributed by atoms with Crippen molar-refractivity contribution in [3.63, 3.8) is 0 Å². The van der Waals surface area contributed by atoms with Crippen LogP contribution in [0, 0.1) is 12.8 Å². The summed E-state index contributed by atoms with van der Waals surface area (Å²) in [5, 5.41) is 15.1. The van der Waals surface area contributed by atoms with Crippen molar-refractivity contribution in [2.75, 3.05) is 6.54 Å². The number of primary amides is 1. The van der Waals surface area contributed by atoms with Gasteiger partial charge in [0.25, 0.3) is 0 Å². The van der Waals surface area contributed by atoms with Gasteiger partial charge in [-0.1, -0.05) is 55.8 Å². The van der Waals surface area contributed by atoms with Crippen LogP contribution in [0.3, 0.4) is 0 Å². The summed E-state index contributed by atoms with van der Waals surface area (Å²) in [5.74, 6) is 0.786. The molecule has 5 rings (SSSR count). The molecule has 1 aliphatic carbocycles. The van der Waals surface area contributed by atoms with Gasteiger partial charge in [-0.15, -0.1) is 0 Å². The summed E-state index contributed by atoms with van der Waals surface area (Å²) in [6.07, 6.45) is 5.56. The molecular weight excluding hydrogens is 436 g/mol. The van der Waals surface area contributed by atoms with Gasteiger partial charge in [0, 0.05) is 24.0 Å². The Balaban J connectivity index is 1.41. The molecule has 35 heavy (non-hydrogen) atoms. The zero-order chi connectivity index (χ0) is 24.7. The quantitative estimate of drug-likeness (QED) is 0.504. The summed E-state index contributed by atoms with van der Waals surface area (Å²) in [5.41, 5.74) is 11.7. The van der Waals surface area contributed by atoms with Crippen LogP contribution in [0.4, 0.5) is 0 Å². The minimum Gasteiger partial charge on any atom is -0.389 e. The fraction of sp³-hybridized carbons (Fsp3) is 0.448. The molecule has 184 valence electrons. The van der Waals surface area contributed by atoms with Gasteiger partial charge in [-0.05, 0) is 67.3 Å². The Morgan fingerprint density at radius 2 is 2.06 bits per heavy atom. The molecular formula is C29H36N4O2. The Hall–Kier alpha value is -2.96. The molecule has 0 radical (unpaired) electrons. The van der Waals surface area contributed by atoms with Crippen molar-refractivity contribution >= 4 is 5.91 Å². The minimum absolute atomic E-state index is 0.0855. The van der Waals surface area contributed by atoms with Gasteiger partial charge in [-0.3, -0.25) is 4.79 Å². The number of benzene rings is 2. The number of hydrogen-bond acceptors (Lipinski definition) is 4. The number of amides is 1. The Morgan fingerprint density at radius 1 is 1.26 bits per heavy atom. The number of aryl methyl sites for hydroxylation is 1. The highest BCUT2D eigenvalue weighted by Gasteiger charge is 2.41. The number of imidazole rings is 1. The lowest BCUT2D eigenvalue weighted by Gasteiger charge is -2.38. The normalized spacial score (nSPS) is 26.1. The highest BCUT2D eigenvalue weighted by Crippen LogP contribution is 2.42. The average molecular weight is 473 g/mol. The number of fused-ring (bicyclic) bond motifs is 1. The van der Waals surface area contributed by atoms with Crippen LogP contribution in [-0.2, 0) is 11.2 Å². The van der Waals surface area contributed by atoms with E-state index in [0.29, 0.717) is 12.3 Å². The number of piperidine rings is 1. The van der Waals surface area contributed by atoms with Gasteiger partial charge >= 0.3 is 0 Å². The number of nitrogens with two attached hydrogens (primary N) is 1.